The summed E-state index contributed by atoms with van der Waals surface area (Å²) in [5.41, 5.74) is 5.07. The Morgan fingerprint density at radius 3 is 2.88 bits per heavy atom. The fourth-order valence-corrected chi connectivity index (χ4v) is 4.51. The van der Waals surface area contributed by atoms with Gasteiger partial charge in [0.2, 0.25) is 5.95 Å². The molecule has 3 aromatic heterocycles. The van der Waals surface area contributed by atoms with Gasteiger partial charge in [-0.25, -0.2) is 9.67 Å². The van der Waals surface area contributed by atoms with Crippen LogP contribution >= 0.6 is 11.6 Å². The second kappa shape index (κ2) is 8.20. The Hall–Kier alpha value is -2.94. The van der Waals surface area contributed by atoms with E-state index >= 15 is 0 Å². The number of fused-ring (bicyclic) bond motifs is 1. The number of hydrogen-bond acceptors (Lipinski definition) is 6. The Kier molecular flexibility index (Phi) is 5.36. The molecule has 5 rings (SSSR count). The van der Waals surface area contributed by atoms with Crippen LogP contribution in [0.2, 0.25) is 5.02 Å². The lowest BCUT2D eigenvalue weighted by atomic mass is 10.2. The zero-order chi connectivity index (χ0) is 22.4. The summed E-state index contributed by atoms with van der Waals surface area (Å²) in [6.45, 7) is 6.40. The summed E-state index contributed by atoms with van der Waals surface area (Å²) in [4.78, 5) is 11.3. The molecule has 0 spiro atoms. The molecule has 0 saturated carbocycles. The maximum Gasteiger partial charge on any atom is 0.229 e. The van der Waals surface area contributed by atoms with Crippen molar-refractivity contribution in [2.24, 2.45) is 7.05 Å². The van der Waals surface area contributed by atoms with Crippen molar-refractivity contribution in [2.45, 2.75) is 32.9 Å². The molecule has 1 unspecified atom stereocenters. The first kappa shape index (κ1) is 20.9. The Bertz CT molecular complexity index is 1300. The molecule has 2 N–H and O–H groups in total. The third-order valence-corrected chi connectivity index (χ3v) is 6.67. The molecule has 0 amide bonds. The molecular weight excluding hydrogens is 426 g/mol. The van der Waals surface area contributed by atoms with Crippen LogP contribution in [-0.4, -0.2) is 53.5 Å². The number of aliphatic hydroxyl groups excluding tert-OH is 1. The quantitative estimate of drug-likeness (QED) is 0.481. The van der Waals surface area contributed by atoms with E-state index in [4.69, 9.17) is 11.6 Å². The van der Waals surface area contributed by atoms with Gasteiger partial charge < -0.3 is 15.0 Å². The number of anilines is 2. The molecule has 1 fully saturated rings. The van der Waals surface area contributed by atoms with E-state index in [9.17, 15) is 5.11 Å². The molecule has 1 aromatic carbocycles. The van der Waals surface area contributed by atoms with E-state index in [0.29, 0.717) is 18.3 Å². The second-order valence-electron chi connectivity index (χ2n) is 8.42. The van der Waals surface area contributed by atoms with Crippen LogP contribution in [0.15, 0.2) is 36.7 Å². The van der Waals surface area contributed by atoms with Gasteiger partial charge in [0.15, 0.2) is 5.82 Å². The number of aryl methyl sites for hydroxylation is 2. The highest BCUT2D eigenvalue weighted by Gasteiger charge is 2.21. The SMILES string of the molecule is Cc1nn(-c2ccnc(Nc3ccc4c(c3)c(Cl)c(C)n4C)n2)cc1CN1CCC(O)C1. The predicted octanol–water partition coefficient (Wildman–Crippen LogP) is 3.73. The topological polar surface area (TPSA) is 84.0 Å². The molecule has 1 aliphatic heterocycles. The highest BCUT2D eigenvalue weighted by atomic mass is 35.5. The van der Waals surface area contributed by atoms with Crippen LogP contribution in [0, 0.1) is 13.8 Å². The van der Waals surface area contributed by atoms with Crippen molar-refractivity contribution in [3.8, 4) is 5.82 Å². The molecular formula is C23H26ClN7O. The van der Waals surface area contributed by atoms with E-state index < -0.39 is 0 Å². The van der Waals surface area contributed by atoms with Crippen LogP contribution in [0.5, 0.6) is 0 Å². The summed E-state index contributed by atoms with van der Waals surface area (Å²) in [5.74, 6) is 1.18. The number of likely N-dealkylation sites (tertiary alicyclic amines) is 1. The minimum atomic E-state index is -0.227. The lowest BCUT2D eigenvalue weighted by Crippen LogP contribution is -2.21. The van der Waals surface area contributed by atoms with Gasteiger partial charge in [0.05, 0.1) is 16.8 Å². The number of hydrogen-bond donors (Lipinski definition) is 2. The summed E-state index contributed by atoms with van der Waals surface area (Å²) in [5, 5.41) is 19.4. The molecule has 1 saturated heterocycles. The van der Waals surface area contributed by atoms with Crippen LogP contribution in [0.4, 0.5) is 11.6 Å². The highest BCUT2D eigenvalue weighted by Crippen LogP contribution is 2.32. The maximum atomic E-state index is 9.78. The van der Waals surface area contributed by atoms with Gasteiger partial charge >= 0.3 is 0 Å². The van der Waals surface area contributed by atoms with Gasteiger partial charge in [-0.2, -0.15) is 10.1 Å². The largest absolute Gasteiger partial charge is 0.392 e. The number of halogens is 1. The fourth-order valence-electron chi connectivity index (χ4n) is 4.24. The summed E-state index contributed by atoms with van der Waals surface area (Å²) in [7, 11) is 2.01. The van der Waals surface area contributed by atoms with E-state index in [1.165, 1.54) is 0 Å². The number of nitrogens with zero attached hydrogens (tertiary/aromatic N) is 6. The molecule has 4 heterocycles. The zero-order valence-electron chi connectivity index (χ0n) is 18.4. The first-order valence-electron chi connectivity index (χ1n) is 10.7. The number of nitrogens with one attached hydrogen (secondary N) is 1. The van der Waals surface area contributed by atoms with Crippen molar-refractivity contribution >= 4 is 34.1 Å². The van der Waals surface area contributed by atoms with Crippen LogP contribution in [0.25, 0.3) is 16.7 Å². The van der Waals surface area contributed by atoms with Crippen LogP contribution in [-0.2, 0) is 13.6 Å². The van der Waals surface area contributed by atoms with Crippen molar-refractivity contribution in [3.63, 3.8) is 0 Å². The lowest BCUT2D eigenvalue weighted by molar-refractivity contribution is 0.174. The molecule has 0 bridgehead atoms. The molecule has 0 radical (unpaired) electrons. The Balaban J connectivity index is 1.38. The molecule has 8 nitrogen and oxygen atoms in total. The Labute approximate surface area is 191 Å². The monoisotopic (exact) mass is 451 g/mol. The van der Waals surface area contributed by atoms with Crippen LogP contribution in [0.1, 0.15) is 23.4 Å². The number of aromatic nitrogens is 5. The number of aliphatic hydroxyl groups is 1. The normalized spacial score (nSPS) is 16.8. The van der Waals surface area contributed by atoms with Gasteiger partial charge in [0, 0.05) is 73.0 Å². The second-order valence-corrected chi connectivity index (χ2v) is 8.79. The highest BCUT2D eigenvalue weighted by molar-refractivity contribution is 6.36. The van der Waals surface area contributed by atoms with Crippen molar-refractivity contribution in [3.05, 3.63) is 58.6 Å². The first-order valence-corrected chi connectivity index (χ1v) is 11.1. The average molecular weight is 452 g/mol. The molecule has 9 heteroatoms. The first-order chi connectivity index (χ1) is 15.4. The van der Waals surface area contributed by atoms with Gasteiger partial charge in [-0.1, -0.05) is 11.6 Å². The van der Waals surface area contributed by atoms with E-state index in [-0.39, 0.29) is 6.10 Å². The fraction of sp³-hybridized carbons (Fsp3) is 0.348. The van der Waals surface area contributed by atoms with E-state index in [1.807, 2.05) is 51.4 Å². The van der Waals surface area contributed by atoms with Crippen molar-refractivity contribution < 1.29 is 5.11 Å². The third-order valence-electron chi connectivity index (χ3n) is 6.19. The van der Waals surface area contributed by atoms with E-state index in [0.717, 1.165) is 58.1 Å². The summed E-state index contributed by atoms with van der Waals surface area (Å²) in [6.07, 6.45) is 4.32. The molecule has 1 atom stereocenters. The van der Waals surface area contributed by atoms with Gasteiger partial charge in [-0.3, -0.25) is 4.90 Å². The van der Waals surface area contributed by atoms with Gasteiger partial charge in [-0.15, -0.1) is 0 Å². The number of benzene rings is 1. The molecule has 32 heavy (non-hydrogen) atoms. The summed E-state index contributed by atoms with van der Waals surface area (Å²) >= 11 is 6.50. The summed E-state index contributed by atoms with van der Waals surface area (Å²) < 4.78 is 3.86. The average Bonchev–Trinajstić information content (AvgIpc) is 3.42. The molecule has 166 valence electrons. The number of β-amino-alcohol motifs (C(OH)–C–C–N with tert-alkyl or cyclic N) is 1. The van der Waals surface area contributed by atoms with Crippen molar-refractivity contribution in [2.75, 3.05) is 18.4 Å². The van der Waals surface area contributed by atoms with Gasteiger partial charge in [0.1, 0.15) is 0 Å². The molecule has 0 aliphatic carbocycles. The van der Waals surface area contributed by atoms with Crippen molar-refractivity contribution in [1.29, 1.82) is 0 Å². The Morgan fingerprint density at radius 2 is 2.09 bits per heavy atom. The Morgan fingerprint density at radius 1 is 1.25 bits per heavy atom. The van der Waals surface area contributed by atoms with E-state index in [1.54, 1.807) is 10.9 Å². The number of rotatable bonds is 5. The van der Waals surface area contributed by atoms with Gasteiger partial charge in [0.25, 0.3) is 0 Å². The molecule has 1 aliphatic rings. The van der Waals surface area contributed by atoms with Crippen LogP contribution < -0.4 is 5.32 Å². The molecule has 4 aromatic rings. The van der Waals surface area contributed by atoms with E-state index in [2.05, 4.69) is 29.9 Å². The maximum absolute atomic E-state index is 9.78. The summed E-state index contributed by atoms with van der Waals surface area (Å²) in [6, 6.07) is 7.89. The predicted molar refractivity (Wildman–Crippen MR) is 126 cm³/mol. The lowest BCUT2D eigenvalue weighted by Gasteiger charge is -2.13. The zero-order valence-corrected chi connectivity index (χ0v) is 19.1. The minimum Gasteiger partial charge on any atom is -0.392 e. The van der Waals surface area contributed by atoms with Gasteiger partial charge in [-0.05, 0) is 38.5 Å². The minimum absolute atomic E-state index is 0.227. The van der Waals surface area contributed by atoms with Crippen LogP contribution in [0.3, 0.4) is 0 Å². The third kappa shape index (κ3) is 3.85. The smallest absolute Gasteiger partial charge is 0.229 e. The van der Waals surface area contributed by atoms with Crippen molar-refractivity contribution in [1.82, 2.24) is 29.2 Å². The standard InChI is InChI=1S/C23H26ClN7O/c1-14-16(11-30-9-7-18(32)13-30)12-31(28-14)21-6-8-25-23(27-21)26-17-4-5-20-19(10-17)22(24)15(2)29(20)3/h4-6,8,10,12,18,32H,7,9,11,13H2,1-3H3,(H,25,26,27).